The Morgan fingerprint density at radius 2 is 1.43 bits per heavy atom. The van der Waals surface area contributed by atoms with Crippen LogP contribution in [0.2, 0.25) is 0 Å². The molecule has 0 radical (unpaired) electrons. The van der Waals surface area contributed by atoms with E-state index in [9.17, 15) is 0 Å². The second-order valence-electron chi connectivity index (χ2n) is 15.8. The van der Waals surface area contributed by atoms with Gasteiger partial charge in [-0.05, 0) is 89.9 Å². The van der Waals surface area contributed by atoms with Gasteiger partial charge in [0, 0.05) is 41.1 Å². The van der Waals surface area contributed by atoms with E-state index in [0.717, 1.165) is 25.3 Å². The molecule has 1 saturated carbocycles. The maximum atomic E-state index is 4.29. The van der Waals surface area contributed by atoms with Crippen LogP contribution in [0.4, 0.5) is 11.4 Å². The van der Waals surface area contributed by atoms with Crippen LogP contribution in [-0.2, 0) is 17.3 Å². The zero-order valence-corrected chi connectivity index (χ0v) is 30.9. The van der Waals surface area contributed by atoms with Gasteiger partial charge in [0.05, 0.1) is 5.41 Å². The Bertz CT molecular complexity index is 2180. The molecule has 2 nitrogen and oxygen atoms in total. The molecule has 5 aromatic rings. The van der Waals surface area contributed by atoms with Gasteiger partial charge in [-0.25, -0.2) is 0 Å². The number of rotatable bonds is 11. The van der Waals surface area contributed by atoms with Crippen LogP contribution in [0.25, 0.3) is 21.5 Å². The van der Waals surface area contributed by atoms with Gasteiger partial charge in [0.1, 0.15) is 7.05 Å². The third-order valence-electron chi connectivity index (χ3n) is 12.5. The molecular weight excluding hydrogens is 617 g/mol. The van der Waals surface area contributed by atoms with Crippen molar-refractivity contribution in [3.05, 3.63) is 156 Å². The van der Waals surface area contributed by atoms with Crippen molar-refractivity contribution in [3.63, 3.8) is 0 Å². The van der Waals surface area contributed by atoms with Crippen molar-refractivity contribution in [2.75, 3.05) is 18.5 Å². The Balaban J connectivity index is 1.21. The van der Waals surface area contributed by atoms with Crippen LogP contribution in [0.5, 0.6) is 0 Å². The maximum Gasteiger partial charge on any atom is 0.210 e. The summed E-state index contributed by atoms with van der Waals surface area (Å²) in [6.07, 6.45) is 20.8. The number of unbranched alkanes of at least 4 members (excludes halogenated alkanes) is 1. The highest BCUT2D eigenvalue weighted by Crippen LogP contribution is 2.53. The van der Waals surface area contributed by atoms with Crippen molar-refractivity contribution in [1.82, 2.24) is 0 Å². The Hall–Kier alpha value is -4.69. The van der Waals surface area contributed by atoms with Crippen LogP contribution < -0.4 is 4.90 Å². The van der Waals surface area contributed by atoms with Gasteiger partial charge in [-0.3, -0.25) is 0 Å². The fourth-order valence-electron chi connectivity index (χ4n) is 10.1. The molecule has 2 atom stereocenters. The third kappa shape index (κ3) is 5.87. The molecule has 1 aliphatic carbocycles. The first-order valence-electron chi connectivity index (χ1n) is 19.4. The zero-order valence-electron chi connectivity index (χ0n) is 30.9. The molecule has 0 N–H and O–H groups in total. The first-order valence-corrected chi connectivity index (χ1v) is 19.4. The zero-order chi connectivity index (χ0) is 35.0. The first-order chi connectivity index (χ1) is 24.9. The van der Waals surface area contributed by atoms with E-state index in [1.54, 1.807) is 0 Å². The molecule has 0 bridgehead atoms. The minimum atomic E-state index is -0.194. The molecule has 5 aromatic carbocycles. The van der Waals surface area contributed by atoms with Crippen molar-refractivity contribution in [3.8, 4) is 0 Å². The average Bonchev–Trinajstić information content (AvgIpc) is 3.81. The fourth-order valence-corrected chi connectivity index (χ4v) is 10.1. The molecule has 0 saturated heterocycles. The number of hydrogen-bond donors (Lipinski definition) is 0. The molecule has 0 aromatic heterocycles. The fraction of sp³-hybridized carbons (Fsp3) is 0.327. The number of allylic oxidation sites excluding steroid dienone is 5. The average molecular weight is 670 g/mol. The lowest BCUT2D eigenvalue weighted by Crippen LogP contribution is -2.33. The van der Waals surface area contributed by atoms with Gasteiger partial charge < -0.3 is 4.90 Å². The van der Waals surface area contributed by atoms with Crippen LogP contribution in [0, 0.1) is 5.92 Å². The molecular formula is C49H53N2+. The molecule has 51 heavy (non-hydrogen) atoms. The summed E-state index contributed by atoms with van der Waals surface area (Å²) in [5.41, 5.74) is 9.28. The largest absolute Gasteiger partial charge is 0.344 e. The smallest absolute Gasteiger partial charge is 0.210 e. The topological polar surface area (TPSA) is 6.25 Å². The highest BCUT2D eigenvalue weighted by atomic mass is 15.2. The predicted octanol–water partition coefficient (Wildman–Crippen LogP) is 12.4. The van der Waals surface area contributed by atoms with Crippen LogP contribution in [-0.4, -0.2) is 23.9 Å². The van der Waals surface area contributed by atoms with E-state index in [1.165, 1.54) is 106 Å². The second-order valence-corrected chi connectivity index (χ2v) is 15.8. The van der Waals surface area contributed by atoms with E-state index in [4.69, 9.17) is 0 Å². The normalized spacial score (nSPS) is 22.6. The SMILES string of the molecule is C=CCC1(C)C(=CC=CC2=[N+](C)c3ccc4ccccc4c3C2(C)Cc2ccccc2)N(CCCCC2CCCC2)c2ccc3ccccc3c21. The van der Waals surface area contributed by atoms with E-state index in [-0.39, 0.29) is 10.8 Å². The number of fused-ring (bicyclic) bond motifs is 6. The second kappa shape index (κ2) is 13.8. The Morgan fingerprint density at radius 1 is 0.765 bits per heavy atom. The van der Waals surface area contributed by atoms with E-state index in [0.29, 0.717) is 0 Å². The predicted molar refractivity (Wildman–Crippen MR) is 219 cm³/mol. The monoisotopic (exact) mass is 669 g/mol. The number of hydrogen-bond acceptors (Lipinski definition) is 1. The first kappa shape index (κ1) is 33.5. The quantitative estimate of drug-likeness (QED) is 0.0771. The Morgan fingerprint density at radius 3 is 2.16 bits per heavy atom. The highest BCUT2D eigenvalue weighted by Gasteiger charge is 2.48. The standard InChI is InChI=1S/C49H53N2/c1-5-33-48(2)45(51(34-16-15-20-36-18-9-10-19-36)43-32-30-39-24-12-14-26-41(39)47(43)48)28-17-27-44-49(3,35-37-21-7-6-8-22-37)46-40-25-13-11-23-38(40)29-31-42(46)50(44)4/h5-8,11-14,17,21-32,36H,1,9-10,15-16,18-20,33-35H2,2-4H3/q+1. The Labute approximate surface area is 305 Å². The Kier molecular flexibility index (Phi) is 9.05. The van der Waals surface area contributed by atoms with Crippen LogP contribution in [0.3, 0.4) is 0 Å². The van der Waals surface area contributed by atoms with Gasteiger partial charge in [-0.15, -0.1) is 6.58 Å². The third-order valence-corrected chi connectivity index (χ3v) is 12.5. The van der Waals surface area contributed by atoms with Crippen LogP contribution in [0.15, 0.2) is 140 Å². The maximum absolute atomic E-state index is 4.29. The molecule has 0 amide bonds. The number of anilines is 1. The van der Waals surface area contributed by atoms with Crippen molar-refractivity contribution < 1.29 is 4.58 Å². The van der Waals surface area contributed by atoms with Gasteiger partial charge in [-0.2, -0.15) is 4.58 Å². The summed E-state index contributed by atoms with van der Waals surface area (Å²) in [7, 11) is 2.26. The lowest BCUT2D eigenvalue weighted by atomic mass is 9.73. The molecule has 3 aliphatic rings. The molecule has 2 heteroatoms. The van der Waals surface area contributed by atoms with E-state index in [1.807, 2.05) is 0 Å². The van der Waals surface area contributed by atoms with Gasteiger partial charge in [0.2, 0.25) is 5.69 Å². The summed E-state index contributed by atoms with van der Waals surface area (Å²) in [6, 6.07) is 38.2. The van der Waals surface area contributed by atoms with E-state index < -0.39 is 0 Å². The molecule has 0 spiro atoms. The van der Waals surface area contributed by atoms with Gasteiger partial charge in [0.15, 0.2) is 5.71 Å². The van der Waals surface area contributed by atoms with Gasteiger partial charge >= 0.3 is 0 Å². The van der Waals surface area contributed by atoms with Crippen molar-refractivity contribution >= 4 is 38.6 Å². The molecule has 8 rings (SSSR count). The van der Waals surface area contributed by atoms with E-state index in [2.05, 4.69) is 164 Å². The number of benzene rings is 5. The summed E-state index contributed by atoms with van der Waals surface area (Å²) in [4.78, 5) is 2.67. The highest BCUT2D eigenvalue weighted by molar-refractivity contribution is 6.08. The molecule has 2 heterocycles. The molecule has 2 unspecified atom stereocenters. The summed E-state index contributed by atoms with van der Waals surface area (Å²) in [5, 5.41) is 5.33. The molecule has 2 aliphatic heterocycles. The number of nitrogens with zero attached hydrogens (tertiary/aromatic N) is 2. The van der Waals surface area contributed by atoms with Crippen molar-refractivity contribution in [1.29, 1.82) is 0 Å². The minimum absolute atomic E-state index is 0.174. The summed E-state index contributed by atoms with van der Waals surface area (Å²) >= 11 is 0. The van der Waals surface area contributed by atoms with Gasteiger partial charge in [-0.1, -0.05) is 136 Å². The molecule has 258 valence electrons. The van der Waals surface area contributed by atoms with E-state index >= 15 is 0 Å². The lowest BCUT2D eigenvalue weighted by molar-refractivity contribution is -0.401. The minimum Gasteiger partial charge on any atom is -0.344 e. The lowest BCUT2D eigenvalue weighted by Gasteiger charge is -2.30. The van der Waals surface area contributed by atoms with Gasteiger partial charge in [0.25, 0.3) is 0 Å². The van der Waals surface area contributed by atoms with Crippen molar-refractivity contribution in [2.45, 2.75) is 82.5 Å². The van der Waals surface area contributed by atoms with Crippen LogP contribution in [0.1, 0.15) is 81.9 Å². The van der Waals surface area contributed by atoms with Crippen LogP contribution >= 0.6 is 0 Å². The summed E-state index contributed by atoms with van der Waals surface area (Å²) in [6.45, 7) is 10.2. The van der Waals surface area contributed by atoms with Crippen molar-refractivity contribution in [2.24, 2.45) is 5.92 Å². The molecule has 1 fully saturated rings. The summed E-state index contributed by atoms with van der Waals surface area (Å²) < 4.78 is 2.44. The summed E-state index contributed by atoms with van der Waals surface area (Å²) in [5.74, 6) is 0.940.